The van der Waals surface area contributed by atoms with Crippen molar-refractivity contribution in [2.75, 3.05) is 26.0 Å². The summed E-state index contributed by atoms with van der Waals surface area (Å²) >= 11 is 1.86. The molecule has 2 aromatic heterocycles. The molecule has 2 rings (SSSR count). The minimum atomic E-state index is 0.731. The molecule has 0 amide bonds. The Morgan fingerprint density at radius 1 is 1.40 bits per heavy atom. The maximum absolute atomic E-state index is 5.07. The number of hydrogen-bond acceptors (Lipinski definition) is 4. The van der Waals surface area contributed by atoms with E-state index in [-0.39, 0.29) is 0 Å². The Kier molecular flexibility index (Phi) is 6.36. The molecule has 0 aromatic carbocycles. The molecular weight excluding hydrogens is 270 g/mol. The highest BCUT2D eigenvalue weighted by atomic mass is 32.2. The van der Waals surface area contributed by atoms with E-state index in [0.717, 1.165) is 36.1 Å². The van der Waals surface area contributed by atoms with Crippen LogP contribution in [0.2, 0.25) is 0 Å². The van der Waals surface area contributed by atoms with Crippen LogP contribution < -0.4 is 5.32 Å². The molecule has 2 heterocycles. The van der Waals surface area contributed by atoms with Crippen LogP contribution in [0.1, 0.15) is 25.5 Å². The van der Waals surface area contributed by atoms with Gasteiger partial charge in [-0.15, -0.1) is 11.8 Å². The number of aromatic nitrogens is 2. The number of imidazole rings is 1. The van der Waals surface area contributed by atoms with E-state index in [1.165, 1.54) is 18.5 Å². The zero-order chi connectivity index (χ0) is 14.2. The Morgan fingerprint density at radius 2 is 2.30 bits per heavy atom. The van der Waals surface area contributed by atoms with Crippen molar-refractivity contribution in [3.05, 3.63) is 30.1 Å². The fourth-order valence-electron chi connectivity index (χ4n) is 2.00. The second-order valence-corrected chi connectivity index (χ2v) is 5.75. The minimum absolute atomic E-state index is 0.731. The van der Waals surface area contributed by atoms with E-state index < -0.39 is 0 Å². The van der Waals surface area contributed by atoms with Crippen molar-refractivity contribution in [1.29, 1.82) is 0 Å². The van der Waals surface area contributed by atoms with Gasteiger partial charge in [0, 0.05) is 26.4 Å². The van der Waals surface area contributed by atoms with E-state index in [9.17, 15) is 0 Å². The predicted octanol–water partition coefficient (Wildman–Crippen LogP) is 2.96. The highest BCUT2D eigenvalue weighted by Crippen LogP contribution is 2.24. The first-order valence-corrected chi connectivity index (χ1v) is 8.13. The molecule has 0 bridgehead atoms. The van der Waals surface area contributed by atoms with E-state index in [4.69, 9.17) is 9.72 Å². The summed E-state index contributed by atoms with van der Waals surface area (Å²) in [5.41, 5.74) is 2.27. The number of ether oxygens (including phenoxy) is 1. The molecule has 110 valence electrons. The van der Waals surface area contributed by atoms with Crippen LogP contribution in [0.15, 0.2) is 29.4 Å². The number of pyridine rings is 1. The van der Waals surface area contributed by atoms with Gasteiger partial charge >= 0.3 is 0 Å². The van der Waals surface area contributed by atoms with Crippen molar-refractivity contribution >= 4 is 17.4 Å². The van der Waals surface area contributed by atoms with Crippen molar-refractivity contribution in [2.45, 2.75) is 31.3 Å². The molecule has 0 aliphatic carbocycles. The third-order valence-electron chi connectivity index (χ3n) is 3.10. The van der Waals surface area contributed by atoms with Crippen LogP contribution in [0, 0.1) is 0 Å². The average Bonchev–Trinajstić information content (AvgIpc) is 2.82. The summed E-state index contributed by atoms with van der Waals surface area (Å²) in [6, 6.07) is 6.14. The van der Waals surface area contributed by atoms with Crippen molar-refractivity contribution in [3.63, 3.8) is 0 Å². The van der Waals surface area contributed by atoms with Gasteiger partial charge in [-0.3, -0.25) is 0 Å². The number of hydrogen-bond donors (Lipinski definition) is 1. The van der Waals surface area contributed by atoms with E-state index in [0.29, 0.717) is 0 Å². The topological polar surface area (TPSA) is 38.6 Å². The quantitative estimate of drug-likeness (QED) is 0.570. The molecule has 0 spiro atoms. The second-order valence-electron chi connectivity index (χ2n) is 4.66. The maximum atomic E-state index is 5.07. The van der Waals surface area contributed by atoms with Gasteiger partial charge in [-0.1, -0.05) is 19.4 Å². The van der Waals surface area contributed by atoms with Gasteiger partial charge in [-0.05, 0) is 24.3 Å². The molecule has 0 radical (unpaired) electrons. The Balaban J connectivity index is 2.11. The van der Waals surface area contributed by atoms with E-state index in [1.807, 2.05) is 23.9 Å². The van der Waals surface area contributed by atoms with Crippen LogP contribution in [-0.4, -0.2) is 35.4 Å². The maximum Gasteiger partial charge on any atom is 0.138 e. The number of rotatable bonds is 9. The van der Waals surface area contributed by atoms with Crippen molar-refractivity contribution < 1.29 is 4.74 Å². The standard InChI is InChI=1S/C15H23N3OS/c1-3-4-11-20-15-13(12-16-8-10-19-2)18-9-6-5-7-14(18)17-15/h5-7,9,16H,3-4,8,10-12H2,1-2H3. The van der Waals surface area contributed by atoms with Crippen LogP contribution in [0.25, 0.3) is 5.65 Å². The molecule has 0 atom stereocenters. The first-order chi connectivity index (χ1) is 9.86. The van der Waals surface area contributed by atoms with Crippen LogP contribution >= 0.6 is 11.8 Å². The number of thioether (sulfide) groups is 1. The van der Waals surface area contributed by atoms with Crippen LogP contribution in [0.5, 0.6) is 0 Å². The van der Waals surface area contributed by atoms with Gasteiger partial charge in [0.1, 0.15) is 10.7 Å². The van der Waals surface area contributed by atoms with Gasteiger partial charge < -0.3 is 14.5 Å². The first kappa shape index (κ1) is 15.4. The summed E-state index contributed by atoms with van der Waals surface area (Å²) in [5.74, 6) is 1.13. The third-order valence-corrected chi connectivity index (χ3v) is 4.20. The molecule has 0 unspecified atom stereocenters. The molecule has 0 aliphatic rings. The van der Waals surface area contributed by atoms with Crippen LogP contribution in [0.4, 0.5) is 0 Å². The zero-order valence-electron chi connectivity index (χ0n) is 12.3. The third kappa shape index (κ3) is 3.98. The number of methoxy groups -OCH3 is 1. The molecule has 5 heteroatoms. The summed E-state index contributed by atoms with van der Waals surface area (Å²) < 4.78 is 7.24. The fraction of sp³-hybridized carbons (Fsp3) is 0.533. The van der Waals surface area contributed by atoms with Gasteiger partial charge in [-0.2, -0.15) is 0 Å². The summed E-state index contributed by atoms with van der Waals surface area (Å²) in [6.45, 7) is 4.63. The summed E-state index contributed by atoms with van der Waals surface area (Å²) in [6.07, 6.45) is 4.54. The number of unbranched alkanes of at least 4 members (excludes halogenated alkanes) is 1. The Morgan fingerprint density at radius 3 is 3.10 bits per heavy atom. The SMILES string of the molecule is CCCCSc1nc2ccccn2c1CNCCOC. The Hall–Kier alpha value is -1.04. The molecule has 2 aromatic rings. The van der Waals surface area contributed by atoms with Gasteiger partial charge in [0.2, 0.25) is 0 Å². The van der Waals surface area contributed by atoms with E-state index in [1.54, 1.807) is 7.11 Å². The second kappa shape index (κ2) is 8.29. The number of nitrogens with zero attached hydrogens (tertiary/aromatic N) is 2. The van der Waals surface area contributed by atoms with E-state index >= 15 is 0 Å². The minimum Gasteiger partial charge on any atom is -0.383 e. The summed E-state index contributed by atoms with van der Waals surface area (Å²) in [5, 5.41) is 4.56. The molecule has 4 nitrogen and oxygen atoms in total. The molecule has 0 saturated heterocycles. The van der Waals surface area contributed by atoms with Gasteiger partial charge in [0.25, 0.3) is 0 Å². The zero-order valence-corrected chi connectivity index (χ0v) is 13.1. The molecule has 0 saturated carbocycles. The lowest BCUT2D eigenvalue weighted by atomic mass is 10.4. The van der Waals surface area contributed by atoms with E-state index in [2.05, 4.69) is 28.9 Å². The van der Waals surface area contributed by atoms with Crippen molar-refractivity contribution in [3.8, 4) is 0 Å². The molecule has 0 fully saturated rings. The number of nitrogens with one attached hydrogen (secondary N) is 1. The average molecular weight is 293 g/mol. The van der Waals surface area contributed by atoms with Crippen molar-refractivity contribution in [1.82, 2.24) is 14.7 Å². The Bertz CT molecular complexity index is 527. The molecule has 20 heavy (non-hydrogen) atoms. The Labute approximate surface area is 124 Å². The van der Waals surface area contributed by atoms with Crippen molar-refractivity contribution in [2.24, 2.45) is 0 Å². The summed E-state index contributed by atoms with van der Waals surface area (Å²) in [4.78, 5) is 4.74. The molecular formula is C15H23N3OS. The largest absolute Gasteiger partial charge is 0.383 e. The summed E-state index contributed by atoms with van der Waals surface area (Å²) in [7, 11) is 1.72. The number of fused-ring (bicyclic) bond motifs is 1. The van der Waals surface area contributed by atoms with Gasteiger partial charge in [-0.25, -0.2) is 4.98 Å². The lowest BCUT2D eigenvalue weighted by Gasteiger charge is -2.06. The normalized spacial score (nSPS) is 11.3. The predicted molar refractivity (Wildman–Crippen MR) is 84.4 cm³/mol. The van der Waals surface area contributed by atoms with Crippen LogP contribution in [0.3, 0.4) is 0 Å². The lowest BCUT2D eigenvalue weighted by molar-refractivity contribution is 0.199. The molecule has 0 aliphatic heterocycles. The van der Waals surface area contributed by atoms with Gasteiger partial charge in [0.05, 0.1) is 12.3 Å². The first-order valence-electron chi connectivity index (χ1n) is 7.15. The molecule has 1 N–H and O–H groups in total. The van der Waals surface area contributed by atoms with Crippen LogP contribution in [-0.2, 0) is 11.3 Å². The highest BCUT2D eigenvalue weighted by Gasteiger charge is 2.11. The smallest absolute Gasteiger partial charge is 0.138 e. The highest BCUT2D eigenvalue weighted by molar-refractivity contribution is 7.99. The lowest BCUT2D eigenvalue weighted by Crippen LogP contribution is -2.19. The fourth-order valence-corrected chi connectivity index (χ4v) is 3.12. The monoisotopic (exact) mass is 293 g/mol. The van der Waals surface area contributed by atoms with Gasteiger partial charge in [0.15, 0.2) is 0 Å².